The fourth-order valence-electron chi connectivity index (χ4n) is 2.68. The smallest absolute Gasteiger partial charge is 0.271 e. The van der Waals surface area contributed by atoms with Crippen LogP contribution in [0.15, 0.2) is 47.6 Å². The summed E-state index contributed by atoms with van der Waals surface area (Å²) in [6.45, 7) is 5.37. The average Bonchev–Trinajstić information content (AvgIpc) is 2.63. The molecule has 130 valence electrons. The molecule has 0 aliphatic carbocycles. The zero-order valence-electron chi connectivity index (χ0n) is 14.0. The van der Waals surface area contributed by atoms with Crippen LogP contribution in [0.1, 0.15) is 21.5 Å². The molecule has 0 unspecified atom stereocenters. The molecule has 1 heterocycles. The Balaban J connectivity index is 1.64. The van der Waals surface area contributed by atoms with Crippen LogP contribution in [-0.2, 0) is 4.74 Å². The van der Waals surface area contributed by atoms with Crippen molar-refractivity contribution in [1.29, 1.82) is 0 Å². The Labute approximate surface area is 152 Å². The highest BCUT2D eigenvalue weighted by molar-refractivity contribution is 6.30. The van der Waals surface area contributed by atoms with Gasteiger partial charge >= 0.3 is 0 Å². The van der Waals surface area contributed by atoms with Crippen LogP contribution in [0, 0.1) is 6.92 Å². The Hall–Kier alpha value is -2.37. The second-order valence-electron chi connectivity index (χ2n) is 5.85. The minimum Gasteiger partial charge on any atom is -0.378 e. The lowest BCUT2D eigenvalue weighted by Crippen LogP contribution is -2.36. The summed E-state index contributed by atoms with van der Waals surface area (Å²) in [6.07, 6.45) is 1.65. The van der Waals surface area contributed by atoms with Crippen molar-refractivity contribution in [1.82, 2.24) is 5.43 Å². The monoisotopic (exact) mass is 357 g/mol. The van der Waals surface area contributed by atoms with Crippen molar-refractivity contribution in [3.05, 3.63) is 64.2 Å². The highest BCUT2D eigenvalue weighted by Gasteiger charge is 2.11. The van der Waals surface area contributed by atoms with Gasteiger partial charge in [-0.3, -0.25) is 4.79 Å². The fraction of sp³-hybridized carbons (Fsp3) is 0.263. The number of anilines is 1. The number of nitrogens with one attached hydrogen (secondary N) is 1. The number of aryl methyl sites for hydroxylation is 1. The Morgan fingerprint density at radius 3 is 2.76 bits per heavy atom. The summed E-state index contributed by atoms with van der Waals surface area (Å²) in [4.78, 5) is 14.3. The van der Waals surface area contributed by atoms with E-state index in [1.165, 1.54) is 5.69 Å². The minimum absolute atomic E-state index is 0.290. The van der Waals surface area contributed by atoms with Crippen LogP contribution in [0.5, 0.6) is 0 Å². The Morgan fingerprint density at radius 2 is 2.04 bits per heavy atom. The molecule has 2 aromatic rings. The number of nitrogens with zero attached hydrogens (tertiary/aromatic N) is 2. The van der Waals surface area contributed by atoms with Gasteiger partial charge in [-0.05, 0) is 48.4 Å². The van der Waals surface area contributed by atoms with Crippen molar-refractivity contribution in [2.24, 2.45) is 5.10 Å². The van der Waals surface area contributed by atoms with E-state index in [0.29, 0.717) is 10.6 Å². The van der Waals surface area contributed by atoms with E-state index >= 15 is 0 Å². The Morgan fingerprint density at radius 1 is 1.24 bits per heavy atom. The lowest BCUT2D eigenvalue weighted by atomic mass is 10.1. The molecule has 0 bridgehead atoms. The second-order valence-corrected chi connectivity index (χ2v) is 6.29. The van der Waals surface area contributed by atoms with E-state index in [0.717, 1.165) is 37.4 Å². The summed E-state index contributed by atoms with van der Waals surface area (Å²) in [6, 6.07) is 13.0. The van der Waals surface area contributed by atoms with Gasteiger partial charge in [0.25, 0.3) is 5.91 Å². The van der Waals surface area contributed by atoms with E-state index in [4.69, 9.17) is 16.3 Å². The van der Waals surface area contributed by atoms with Crippen LogP contribution in [-0.4, -0.2) is 38.4 Å². The molecule has 0 atom stereocenters. The van der Waals surface area contributed by atoms with Gasteiger partial charge in [0.05, 0.1) is 19.4 Å². The lowest BCUT2D eigenvalue weighted by Gasteiger charge is -2.29. The number of rotatable bonds is 4. The Kier molecular flexibility index (Phi) is 5.68. The van der Waals surface area contributed by atoms with Gasteiger partial charge in [-0.1, -0.05) is 23.7 Å². The highest BCUT2D eigenvalue weighted by Crippen LogP contribution is 2.19. The SMILES string of the molecule is Cc1cc(N2CCOCC2)ccc1/C=N\NC(=O)c1cccc(Cl)c1. The highest BCUT2D eigenvalue weighted by atomic mass is 35.5. The fourth-order valence-corrected chi connectivity index (χ4v) is 2.87. The maximum absolute atomic E-state index is 12.0. The number of benzene rings is 2. The Bertz CT molecular complexity index is 786. The first-order valence-corrected chi connectivity index (χ1v) is 8.53. The van der Waals surface area contributed by atoms with Crippen LogP contribution in [0.25, 0.3) is 0 Å². The number of amides is 1. The van der Waals surface area contributed by atoms with Crippen molar-refractivity contribution in [2.75, 3.05) is 31.2 Å². The molecule has 1 fully saturated rings. The van der Waals surface area contributed by atoms with Crippen molar-refractivity contribution in [2.45, 2.75) is 6.92 Å². The molecule has 1 N–H and O–H groups in total. The van der Waals surface area contributed by atoms with Gasteiger partial charge < -0.3 is 9.64 Å². The van der Waals surface area contributed by atoms with Gasteiger partial charge in [0.1, 0.15) is 0 Å². The number of hydrogen-bond acceptors (Lipinski definition) is 4. The van der Waals surface area contributed by atoms with E-state index in [-0.39, 0.29) is 5.91 Å². The zero-order valence-corrected chi connectivity index (χ0v) is 14.8. The molecule has 1 aliphatic heterocycles. The molecule has 1 amide bonds. The summed E-state index contributed by atoms with van der Waals surface area (Å²) in [5.41, 5.74) is 6.25. The van der Waals surface area contributed by atoms with Crippen molar-refractivity contribution >= 4 is 29.4 Å². The summed E-state index contributed by atoms with van der Waals surface area (Å²) >= 11 is 5.89. The molecule has 0 saturated carbocycles. The van der Waals surface area contributed by atoms with E-state index in [1.807, 2.05) is 13.0 Å². The van der Waals surface area contributed by atoms with Crippen LogP contribution in [0.2, 0.25) is 5.02 Å². The number of hydrazone groups is 1. The van der Waals surface area contributed by atoms with E-state index < -0.39 is 0 Å². The van der Waals surface area contributed by atoms with Crippen molar-refractivity contribution in [3.8, 4) is 0 Å². The summed E-state index contributed by atoms with van der Waals surface area (Å²) in [5, 5.41) is 4.57. The van der Waals surface area contributed by atoms with E-state index in [2.05, 4.69) is 27.6 Å². The summed E-state index contributed by atoms with van der Waals surface area (Å²) < 4.78 is 5.38. The zero-order chi connectivity index (χ0) is 17.6. The number of carbonyl (C=O) groups excluding carboxylic acids is 1. The van der Waals surface area contributed by atoms with E-state index in [1.54, 1.807) is 30.5 Å². The number of morpholine rings is 1. The van der Waals surface area contributed by atoms with Crippen LogP contribution >= 0.6 is 11.6 Å². The van der Waals surface area contributed by atoms with Crippen LogP contribution in [0.4, 0.5) is 5.69 Å². The van der Waals surface area contributed by atoms with Gasteiger partial charge in [0, 0.05) is 29.4 Å². The molecule has 0 aromatic heterocycles. The first kappa shape index (κ1) is 17.5. The summed E-state index contributed by atoms with van der Waals surface area (Å²) in [5.74, 6) is -0.290. The quantitative estimate of drug-likeness (QED) is 0.675. The third kappa shape index (κ3) is 4.59. The molecule has 0 spiro atoms. The number of ether oxygens (including phenoxy) is 1. The maximum atomic E-state index is 12.0. The van der Waals surface area contributed by atoms with Crippen LogP contribution in [0.3, 0.4) is 0 Å². The molecule has 25 heavy (non-hydrogen) atoms. The van der Waals surface area contributed by atoms with E-state index in [9.17, 15) is 4.79 Å². The van der Waals surface area contributed by atoms with Gasteiger partial charge in [-0.15, -0.1) is 0 Å². The number of hydrogen-bond donors (Lipinski definition) is 1. The van der Waals surface area contributed by atoms with Crippen molar-refractivity contribution in [3.63, 3.8) is 0 Å². The third-order valence-corrected chi connectivity index (χ3v) is 4.32. The largest absolute Gasteiger partial charge is 0.378 e. The van der Waals surface area contributed by atoms with Gasteiger partial charge in [0.2, 0.25) is 0 Å². The lowest BCUT2D eigenvalue weighted by molar-refractivity contribution is 0.0955. The normalized spacial score (nSPS) is 14.7. The molecule has 1 saturated heterocycles. The maximum Gasteiger partial charge on any atom is 0.271 e. The molecule has 0 radical (unpaired) electrons. The standard InChI is InChI=1S/C19H20ClN3O2/c1-14-11-18(23-7-9-25-10-8-23)6-5-16(14)13-21-22-19(24)15-3-2-4-17(20)12-15/h2-6,11-13H,7-10H2,1H3,(H,22,24)/b21-13-. The molecule has 3 rings (SSSR count). The molecular weight excluding hydrogens is 338 g/mol. The second kappa shape index (κ2) is 8.14. The predicted molar refractivity (Wildman–Crippen MR) is 101 cm³/mol. The minimum atomic E-state index is -0.290. The first-order chi connectivity index (χ1) is 12.1. The molecule has 6 heteroatoms. The molecule has 2 aromatic carbocycles. The summed E-state index contributed by atoms with van der Waals surface area (Å²) in [7, 11) is 0. The third-order valence-electron chi connectivity index (χ3n) is 4.09. The van der Waals surface area contributed by atoms with Gasteiger partial charge in [-0.25, -0.2) is 5.43 Å². The average molecular weight is 358 g/mol. The number of halogens is 1. The predicted octanol–water partition coefficient (Wildman–Crippen LogP) is 3.25. The number of carbonyl (C=O) groups is 1. The molecular formula is C19H20ClN3O2. The van der Waals surface area contributed by atoms with Crippen LogP contribution < -0.4 is 10.3 Å². The molecule has 5 nitrogen and oxygen atoms in total. The van der Waals surface area contributed by atoms with Crippen molar-refractivity contribution < 1.29 is 9.53 Å². The topological polar surface area (TPSA) is 53.9 Å². The molecule has 1 aliphatic rings. The van der Waals surface area contributed by atoms with Gasteiger partial charge in [0.15, 0.2) is 0 Å². The van der Waals surface area contributed by atoms with Gasteiger partial charge in [-0.2, -0.15) is 5.10 Å². The first-order valence-electron chi connectivity index (χ1n) is 8.16.